The van der Waals surface area contributed by atoms with Crippen LogP contribution in [0.1, 0.15) is 66.7 Å². The maximum Gasteiger partial charge on any atom is 0.220 e. The summed E-state index contributed by atoms with van der Waals surface area (Å²) in [5, 5.41) is 5.77. The molecule has 4 heteroatoms. The highest BCUT2D eigenvalue weighted by atomic mass is 16.1. The molecule has 0 aliphatic heterocycles. The minimum absolute atomic E-state index is 0.000292. The van der Waals surface area contributed by atoms with Crippen molar-refractivity contribution in [2.45, 2.75) is 72.8 Å². The molecule has 21 heavy (non-hydrogen) atoms. The van der Waals surface area contributed by atoms with Crippen molar-refractivity contribution in [3.63, 3.8) is 0 Å². The second-order valence-electron chi connectivity index (χ2n) is 4.00. The third-order valence-corrected chi connectivity index (χ3v) is 2.58. The minimum Gasteiger partial charge on any atom is -0.356 e. The van der Waals surface area contributed by atoms with Gasteiger partial charge in [0, 0.05) is 19.4 Å². The fourth-order valence-electron chi connectivity index (χ4n) is 1.53. The smallest absolute Gasteiger partial charge is 0.220 e. The highest BCUT2D eigenvalue weighted by Gasteiger charge is 2.10. The van der Waals surface area contributed by atoms with E-state index in [2.05, 4.69) is 16.6 Å². The van der Waals surface area contributed by atoms with Gasteiger partial charge >= 0.3 is 0 Å². The molecule has 4 nitrogen and oxygen atoms in total. The molecule has 0 bridgehead atoms. The zero-order valence-corrected chi connectivity index (χ0v) is 14.7. The van der Waals surface area contributed by atoms with Crippen LogP contribution in [0.3, 0.4) is 0 Å². The molecule has 0 rings (SSSR count). The van der Waals surface area contributed by atoms with Crippen LogP contribution in [-0.4, -0.2) is 31.3 Å². The zero-order chi connectivity index (χ0) is 17.1. The predicted molar refractivity (Wildman–Crippen MR) is 91.2 cm³/mol. The molecule has 0 saturated carbocycles. The quantitative estimate of drug-likeness (QED) is 0.508. The van der Waals surface area contributed by atoms with Crippen molar-refractivity contribution in [3.05, 3.63) is 0 Å². The first-order chi connectivity index (χ1) is 10.1. The van der Waals surface area contributed by atoms with Crippen LogP contribution in [0.15, 0.2) is 0 Å². The van der Waals surface area contributed by atoms with Gasteiger partial charge in [0.2, 0.25) is 5.91 Å². The first-order valence-electron chi connectivity index (χ1n) is 7.99. The number of rotatable bonds is 9. The number of amides is 1. The van der Waals surface area contributed by atoms with Gasteiger partial charge in [0.25, 0.3) is 0 Å². The van der Waals surface area contributed by atoms with Crippen molar-refractivity contribution in [2.75, 3.05) is 13.6 Å². The third kappa shape index (κ3) is 18.7. The molecule has 0 heterocycles. The molecule has 0 spiro atoms. The second kappa shape index (κ2) is 21.0. The van der Waals surface area contributed by atoms with Crippen LogP contribution in [0.4, 0.5) is 0 Å². The van der Waals surface area contributed by atoms with E-state index in [1.807, 2.05) is 27.7 Å². The number of ketones is 1. The van der Waals surface area contributed by atoms with E-state index in [4.69, 9.17) is 6.42 Å². The predicted octanol–water partition coefficient (Wildman–Crippen LogP) is 2.92. The molecule has 124 valence electrons. The van der Waals surface area contributed by atoms with Gasteiger partial charge in [-0.25, -0.2) is 0 Å². The molecule has 0 saturated heterocycles. The number of nitrogens with one attached hydrogen (secondary N) is 2. The summed E-state index contributed by atoms with van der Waals surface area (Å²) in [6.45, 7) is 10.2. The summed E-state index contributed by atoms with van der Waals surface area (Å²) < 4.78 is 0. The summed E-state index contributed by atoms with van der Waals surface area (Å²) in [5.41, 5.74) is 0. The number of terminal acetylenes is 1. The fourth-order valence-corrected chi connectivity index (χ4v) is 1.53. The lowest BCUT2D eigenvalue weighted by molar-refractivity contribution is -0.121. The number of unbranched alkanes of at least 4 members (excludes halogenated alkanes) is 1. The highest BCUT2D eigenvalue weighted by Crippen LogP contribution is 2.01. The van der Waals surface area contributed by atoms with Gasteiger partial charge in [-0.3, -0.25) is 9.59 Å². The highest BCUT2D eigenvalue weighted by molar-refractivity contribution is 5.81. The Bertz CT molecular complexity index is 283. The lowest BCUT2D eigenvalue weighted by Crippen LogP contribution is -2.32. The summed E-state index contributed by atoms with van der Waals surface area (Å²) in [5.74, 6) is 2.59. The molecule has 0 radical (unpaired) electrons. The van der Waals surface area contributed by atoms with Crippen LogP contribution < -0.4 is 10.6 Å². The Balaban J connectivity index is -0.000000739. The molecule has 0 unspecified atom stereocenters. The van der Waals surface area contributed by atoms with E-state index in [0.717, 1.165) is 19.3 Å². The molecular formula is C17H34N2O2. The van der Waals surface area contributed by atoms with Crippen molar-refractivity contribution in [1.29, 1.82) is 0 Å². The van der Waals surface area contributed by atoms with Gasteiger partial charge in [-0.2, -0.15) is 0 Å². The molecule has 0 aromatic heterocycles. The molecule has 2 N–H and O–H groups in total. The summed E-state index contributed by atoms with van der Waals surface area (Å²) in [6.07, 6.45) is 8.55. The Hall–Kier alpha value is -1.34. The summed E-state index contributed by atoms with van der Waals surface area (Å²) in [4.78, 5) is 22.3. The van der Waals surface area contributed by atoms with Crippen molar-refractivity contribution >= 4 is 11.7 Å². The number of Topliss-reactive ketones (excluding diaryl/α,β-unsaturated/α-hetero) is 1. The number of likely N-dealkylation sites (N-methyl/N-ethyl adjacent to an activating group) is 1. The Morgan fingerprint density at radius 2 is 1.71 bits per heavy atom. The molecule has 1 amide bonds. The Labute approximate surface area is 131 Å². The van der Waals surface area contributed by atoms with Crippen LogP contribution in [0.5, 0.6) is 0 Å². The van der Waals surface area contributed by atoms with Crippen LogP contribution >= 0.6 is 0 Å². The van der Waals surface area contributed by atoms with Gasteiger partial charge in [0.1, 0.15) is 5.78 Å². The number of hydrogen-bond acceptors (Lipinski definition) is 3. The van der Waals surface area contributed by atoms with Gasteiger partial charge < -0.3 is 10.6 Å². The van der Waals surface area contributed by atoms with E-state index in [1.54, 1.807) is 14.0 Å². The van der Waals surface area contributed by atoms with Gasteiger partial charge in [0.05, 0.1) is 6.04 Å². The molecule has 0 aliphatic rings. The Morgan fingerprint density at radius 3 is 2.14 bits per heavy atom. The maximum atomic E-state index is 11.2. The third-order valence-electron chi connectivity index (χ3n) is 2.58. The second-order valence-corrected chi connectivity index (χ2v) is 4.00. The lowest BCUT2D eigenvalue weighted by Gasteiger charge is -2.12. The van der Waals surface area contributed by atoms with Gasteiger partial charge in [-0.05, 0) is 33.2 Å². The van der Waals surface area contributed by atoms with Crippen LogP contribution in [0.2, 0.25) is 0 Å². The SMILES string of the molecule is C#CCCC(=O)NCCCC[C@H](NC)C(C)=O.CC.CC. The number of carbonyl (C=O) groups is 2. The maximum absolute atomic E-state index is 11.2. The zero-order valence-electron chi connectivity index (χ0n) is 14.7. The topological polar surface area (TPSA) is 58.2 Å². The molecule has 1 atom stereocenters. The fraction of sp³-hybridized carbons (Fsp3) is 0.765. The van der Waals surface area contributed by atoms with Crippen LogP contribution in [-0.2, 0) is 9.59 Å². The van der Waals surface area contributed by atoms with E-state index < -0.39 is 0 Å². The van der Waals surface area contributed by atoms with Gasteiger partial charge in [-0.1, -0.05) is 27.7 Å². The Kier molecular flexibility index (Phi) is 24.6. The summed E-state index contributed by atoms with van der Waals surface area (Å²) in [6, 6.07) is -0.0628. The molecule has 0 aromatic rings. The van der Waals surface area contributed by atoms with E-state index in [9.17, 15) is 9.59 Å². The average molecular weight is 298 g/mol. The molecule has 0 aliphatic carbocycles. The molecular weight excluding hydrogens is 264 g/mol. The van der Waals surface area contributed by atoms with Crippen LogP contribution in [0, 0.1) is 12.3 Å². The molecule has 0 fully saturated rings. The van der Waals surface area contributed by atoms with E-state index in [0.29, 0.717) is 19.4 Å². The first kappa shape index (κ1) is 24.7. The molecule has 0 aromatic carbocycles. The number of carbonyl (C=O) groups excluding carboxylic acids is 2. The largest absolute Gasteiger partial charge is 0.356 e. The van der Waals surface area contributed by atoms with E-state index >= 15 is 0 Å². The van der Waals surface area contributed by atoms with E-state index in [-0.39, 0.29) is 17.7 Å². The first-order valence-corrected chi connectivity index (χ1v) is 7.99. The normalized spacial score (nSPS) is 9.95. The minimum atomic E-state index is -0.0628. The average Bonchev–Trinajstić information content (AvgIpc) is 2.52. The van der Waals surface area contributed by atoms with Crippen molar-refractivity contribution in [3.8, 4) is 12.3 Å². The van der Waals surface area contributed by atoms with Gasteiger partial charge in [-0.15, -0.1) is 12.3 Å². The lowest BCUT2D eigenvalue weighted by atomic mass is 10.1. The Morgan fingerprint density at radius 1 is 1.14 bits per heavy atom. The van der Waals surface area contributed by atoms with E-state index in [1.165, 1.54) is 0 Å². The monoisotopic (exact) mass is 298 g/mol. The summed E-state index contributed by atoms with van der Waals surface area (Å²) in [7, 11) is 1.79. The van der Waals surface area contributed by atoms with Crippen molar-refractivity contribution in [1.82, 2.24) is 10.6 Å². The van der Waals surface area contributed by atoms with Crippen LogP contribution in [0.25, 0.3) is 0 Å². The summed E-state index contributed by atoms with van der Waals surface area (Å²) >= 11 is 0. The standard InChI is InChI=1S/C13H22N2O2.2C2H6/c1-4-5-9-13(17)15-10-7-6-8-12(14-3)11(2)16;2*1-2/h1,12,14H,5-10H2,2-3H3,(H,15,17);2*1-2H3/t12-;;/m0../s1. The van der Waals surface area contributed by atoms with Crippen molar-refractivity contribution in [2.24, 2.45) is 0 Å². The van der Waals surface area contributed by atoms with Gasteiger partial charge in [0.15, 0.2) is 0 Å². The number of hydrogen-bond donors (Lipinski definition) is 2. The van der Waals surface area contributed by atoms with Crippen molar-refractivity contribution < 1.29 is 9.59 Å².